The standard InChI is InChI=1S/C22H17FN2O3S/c23-16-9-7-15(8-10-16)14-24-18-5-2-1-4-17(18)22(21(24)27)25(11-13-29-22)20(26)19-6-3-12-28-19/h1-10,12H,11,13-14H2/t22-/m0/s1. The average molecular weight is 408 g/mol. The summed E-state index contributed by atoms with van der Waals surface area (Å²) in [7, 11) is 0. The number of fused-ring (bicyclic) bond motifs is 2. The van der Waals surface area contributed by atoms with E-state index in [-0.39, 0.29) is 23.4 Å². The predicted molar refractivity (Wildman–Crippen MR) is 108 cm³/mol. The van der Waals surface area contributed by atoms with Crippen LogP contribution in [0.2, 0.25) is 0 Å². The van der Waals surface area contributed by atoms with Gasteiger partial charge in [-0.3, -0.25) is 9.59 Å². The molecule has 0 unspecified atom stereocenters. The first kappa shape index (κ1) is 18.0. The molecule has 5 nitrogen and oxygen atoms in total. The van der Waals surface area contributed by atoms with Gasteiger partial charge in [-0.1, -0.05) is 30.3 Å². The summed E-state index contributed by atoms with van der Waals surface area (Å²) >= 11 is 1.47. The molecule has 0 N–H and O–H groups in total. The number of nitrogens with zero attached hydrogens (tertiary/aromatic N) is 2. The van der Waals surface area contributed by atoms with Crippen molar-refractivity contribution in [3.05, 3.63) is 89.6 Å². The normalized spacial score (nSPS) is 20.5. The molecular weight excluding hydrogens is 391 g/mol. The quantitative estimate of drug-likeness (QED) is 0.657. The lowest BCUT2D eigenvalue weighted by atomic mass is 10.1. The first-order valence-electron chi connectivity index (χ1n) is 9.26. The molecule has 29 heavy (non-hydrogen) atoms. The van der Waals surface area contributed by atoms with E-state index in [1.807, 2.05) is 24.3 Å². The van der Waals surface area contributed by atoms with Crippen LogP contribution in [-0.4, -0.2) is 29.0 Å². The number of halogens is 1. The largest absolute Gasteiger partial charge is 0.459 e. The smallest absolute Gasteiger partial charge is 0.291 e. The number of hydrogen-bond acceptors (Lipinski definition) is 4. The Bertz CT molecular complexity index is 1080. The molecule has 3 heterocycles. The van der Waals surface area contributed by atoms with Gasteiger partial charge in [-0.05, 0) is 35.9 Å². The van der Waals surface area contributed by atoms with E-state index in [9.17, 15) is 14.0 Å². The zero-order chi connectivity index (χ0) is 20.0. The van der Waals surface area contributed by atoms with E-state index >= 15 is 0 Å². The van der Waals surface area contributed by atoms with Crippen LogP contribution in [0.3, 0.4) is 0 Å². The van der Waals surface area contributed by atoms with Gasteiger partial charge in [0.15, 0.2) is 10.6 Å². The van der Waals surface area contributed by atoms with Crippen LogP contribution in [0, 0.1) is 5.82 Å². The molecule has 146 valence electrons. The Labute approximate surface area is 171 Å². The van der Waals surface area contributed by atoms with Crippen LogP contribution in [0.25, 0.3) is 0 Å². The number of para-hydroxylation sites is 1. The van der Waals surface area contributed by atoms with E-state index in [1.54, 1.807) is 34.1 Å². The Morgan fingerprint density at radius 3 is 2.66 bits per heavy atom. The van der Waals surface area contributed by atoms with Gasteiger partial charge in [0, 0.05) is 17.9 Å². The van der Waals surface area contributed by atoms with Crippen molar-refractivity contribution < 1.29 is 18.4 Å². The number of hydrogen-bond donors (Lipinski definition) is 0. The molecule has 1 saturated heterocycles. The molecule has 0 radical (unpaired) electrons. The summed E-state index contributed by atoms with van der Waals surface area (Å²) in [5, 5.41) is 0. The van der Waals surface area contributed by atoms with Crippen molar-refractivity contribution >= 4 is 29.3 Å². The Balaban J connectivity index is 1.57. The van der Waals surface area contributed by atoms with Gasteiger partial charge in [-0.25, -0.2) is 4.39 Å². The second-order valence-corrected chi connectivity index (χ2v) is 8.25. The molecule has 5 rings (SSSR count). The van der Waals surface area contributed by atoms with E-state index < -0.39 is 4.87 Å². The summed E-state index contributed by atoms with van der Waals surface area (Å²) in [4.78, 5) is 29.1. The molecule has 1 aromatic heterocycles. The van der Waals surface area contributed by atoms with Gasteiger partial charge < -0.3 is 14.2 Å². The highest BCUT2D eigenvalue weighted by molar-refractivity contribution is 8.01. The first-order chi connectivity index (χ1) is 14.1. The lowest BCUT2D eigenvalue weighted by Gasteiger charge is -2.32. The van der Waals surface area contributed by atoms with Gasteiger partial charge in [0.25, 0.3) is 11.8 Å². The predicted octanol–water partition coefficient (Wildman–Crippen LogP) is 4.01. The van der Waals surface area contributed by atoms with Crippen molar-refractivity contribution in [2.45, 2.75) is 11.4 Å². The third-order valence-electron chi connectivity index (χ3n) is 5.33. The topological polar surface area (TPSA) is 53.8 Å². The lowest BCUT2D eigenvalue weighted by Crippen LogP contribution is -2.50. The summed E-state index contributed by atoms with van der Waals surface area (Å²) in [6, 6.07) is 16.9. The average Bonchev–Trinajstić information content (AvgIpc) is 3.47. The van der Waals surface area contributed by atoms with Crippen molar-refractivity contribution in [3.63, 3.8) is 0 Å². The van der Waals surface area contributed by atoms with Crippen molar-refractivity contribution in [2.24, 2.45) is 0 Å². The Kier molecular flexibility index (Phi) is 4.20. The monoisotopic (exact) mass is 408 g/mol. The van der Waals surface area contributed by atoms with Crippen molar-refractivity contribution in [2.75, 3.05) is 17.2 Å². The minimum absolute atomic E-state index is 0.162. The fraction of sp³-hybridized carbons (Fsp3) is 0.182. The third-order valence-corrected chi connectivity index (χ3v) is 6.75. The lowest BCUT2D eigenvalue weighted by molar-refractivity contribution is -0.123. The number of carbonyl (C=O) groups is 2. The van der Waals surface area contributed by atoms with Gasteiger partial charge in [-0.2, -0.15) is 0 Å². The minimum atomic E-state index is -1.11. The third kappa shape index (κ3) is 2.68. The Morgan fingerprint density at radius 1 is 1.10 bits per heavy atom. The van der Waals surface area contributed by atoms with Crippen LogP contribution >= 0.6 is 11.8 Å². The number of benzene rings is 2. The van der Waals surface area contributed by atoms with Crippen molar-refractivity contribution in [1.29, 1.82) is 0 Å². The Morgan fingerprint density at radius 2 is 1.90 bits per heavy atom. The van der Waals surface area contributed by atoms with Gasteiger partial charge in [-0.15, -0.1) is 11.8 Å². The van der Waals surface area contributed by atoms with Gasteiger partial charge in [0.05, 0.1) is 18.5 Å². The molecule has 0 saturated carbocycles. The van der Waals surface area contributed by atoms with Crippen LogP contribution in [0.4, 0.5) is 10.1 Å². The van der Waals surface area contributed by atoms with Crippen LogP contribution in [0.1, 0.15) is 21.7 Å². The zero-order valence-electron chi connectivity index (χ0n) is 15.4. The second kappa shape index (κ2) is 6.77. The van der Waals surface area contributed by atoms with Gasteiger partial charge in [0.2, 0.25) is 0 Å². The molecule has 1 spiro atoms. The molecule has 0 aliphatic carbocycles. The van der Waals surface area contributed by atoms with Crippen LogP contribution in [0.5, 0.6) is 0 Å². The number of carbonyl (C=O) groups excluding carboxylic acids is 2. The van der Waals surface area contributed by atoms with Crippen molar-refractivity contribution in [1.82, 2.24) is 4.90 Å². The summed E-state index contributed by atoms with van der Waals surface area (Å²) in [5.74, 6) is 0.0861. The maximum absolute atomic E-state index is 13.7. The molecule has 1 atom stereocenters. The molecule has 2 aromatic carbocycles. The fourth-order valence-corrected chi connectivity index (χ4v) is 5.49. The van der Waals surface area contributed by atoms with E-state index in [2.05, 4.69) is 0 Å². The molecular formula is C22H17FN2O3S. The van der Waals surface area contributed by atoms with Gasteiger partial charge in [0.1, 0.15) is 5.82 Å². The molecule has 2 aliphatic rings. The minimum Gasteiger partial charge on any atom is -0.459 e. The highest BCUT2D eigenvalue weighted by Gasteiger charge is 2.59. The number of thioether (sulfide) groups is 1. The summed E-state index contributed by atoms with van der Waals surface area (Å²) in [6.07, 6.45) is 1.45. The summed E-state index contributed by atoms with van der Waals surface area (Å²) in [6.45, 7) is 0.760. The van der Waals surface area contributed by atoms with Crippen molar-refractivity contribution in [3.8, 4) is 0 Å². The molecule has 2 aliphatic heterocycles. The second-order valence-electron chi connectivity index (χ2n) is 6.96. The maximum Gasteiger partial charge on any atom is 0.291 e. The molecule has 3 aromatic rings. The molecule has 1 fully saturated rings. The number of rotatable bonds is 3. The van der Waals surface area contributed by atoms with Crippen LogP contribution in [0.15, 0.2) is 71.3 Å². The van der Waals surface area contributed by atoms with Gasteiger partial charge >= 0.3 is 0 Å². The first-order valence-corrected chi connectivity index (χ1v) is 10.2. The van der Waals surface area contributed by atoms with E-state index in [0.717, 1.165) is 16.8 Å². The number of furan rings is 1. The highest BCUT2D eigenvalue weighted by Crippen LogP contribution is 2.54. The fourth-order valence-electron chi connectivity index (χ4n) is 4.03. The summed E-state index contributed by atoms with van der Waals surface area (Å²) < 4.78 is 18.6. The number of amides is 2. The summed E-state index contributed by atoms with van der Waals surface area (Å²) in [5.41, 5.74) is 2.39. The Hall–Kier alpha value is -3.06. The molecule has 2 amide bonds. The molecule has 7 heteroatoms. The molecule has 0 bridgehead atoms. The van der Waals surface area contributed by atoms with E-state index in [1.165, 1.54) is 30.2 Å². The SMILES string of the molecule is O=C(c1ccco1)N1CCS[C@@]12C(=O)N(Cc1ccc(F)cc1)c1ccccc12. The van der Waals surface area contributed by atoms with Crippen LogP contribution in [-0.2, 0) is 16.2 Å². The van der Waals surface area contributed by atoms with E-state index in [4.69, 9.17) is 4.42 Å². The van der Waals surface area contributed by atoms with Crippen LogP contribution < -0.4 is 4.90 Å². The maximum atomic E-state index is 13.7. The highest BCUT2D eigenvalue weighted by atomic mass is 32.2. The number of anilines is 1. The zero-order valence-corrected chi connectivity index (χ0v) is 16.2. The van der Waals surface area contributed by atoms with E-state index in [0.29, 0.717) is 18.8 Å².